The van der Waals surface area contributed by atoms with Gasteiger partial charge in [0.1, 0.15) is 0 Å². The Labute approximate surface area is 132 Å². The van der Waals surface area contributed by atoms with Crippen molar-refractivity contribution in [2.75, 3.05) is 27.3 Å². The molecule has 0 saturated carbocycles. The van der Waals surface area contributed by atoms with Gasteiger partial charge in [0.2, 0.25) is 5.91 Å². The van der Waals surface area contributed by atoms with Gasteiger partial charge in [-0.25, -0.2) is 0 Å². The lowest BCUT2D eigenvalue weighted by atomic mass is 10.0. The van der Waals surface area contributed by atoms with Crippen molar-refractivity contribution in [2.24, 2.45) is 0 Å². The molecule has 5 heteroatoms. The molecule has 1 atom stereocenters. The fraction of sp³-hybridized carbons (Fsp3) is 0.588. The fourth-order valence-corrected chi connectivity index (χ4v) is 2.82. The number of rotatable bonds is 6. The number of hydrogen-bond donors (Lipinski definition) is 1. The summed E-state index contributed by atoms with van der Waals surface area (Å²) in [6.07, 6.45) is 3.64. The van der Waals surface area contributed by atoms with Crippen LogP contribution in [0.1, 0.15) is 31.7 Å². The molecule has 1 aromatic rings. The number of methoxy groups -OCH3 is 2. The first-order valence-corrected chi connectivity index (χ1v) is 7.85. The Morgan fingerprint density at radius 3 is 2.73 bits per heavy atom. The number of hydrogen-bond acceptors (Lipinski definition) is 4. The van der Waals surface area contributed by atoms with Gasteiger partial charge >= 0.3 is 0 Å². The Morgan fingerprint density at radius 1 is 1.27 bits per heavy atom. The predicted octanol–water partition coefficient (Wildman–Crippen LogP) is 2.19. The van der Waals surface area contributed by atoms with Crippen LogP contribution in [0.4, 0.5) is 0 Å². The summed E-state index contributed by atoms with van der Waals surface area (Å²) >= 11 is 0. The average Bonchev–Trinajstić information content (AvgIpc) is 2.54. The number of likely N-dealkylation sites (tertiary alicyclic amines) is 1. The topological polar surface area (TPSA) is 50.8 Å². The van der Waals surface area contributed by atoms with E-state index in [2.05, 4.69) is 17.1 Å². The zero-order valence-electron chi connectivity index (χ0n) is 13.7. The van der Waals surface area contributed by atoms with Crippen LogP contribution in [-0.4, -0.2) is 44.2 Å². The molecule has 22 heavy (non-hydrogen) atoms. The van der Waals surface area contributed by atoms with Crippen molar-refractivity contribution in [1.82, 2.24) is 10.2 Å². The Morgan fingerprint density at radius 2 is 2.05 bits per heavy atom. The van der Waals surface area contributed by atoms with E-state index in [1.54, 1.807) is 14.2 Å². The van der Waals surface area contributed by atoms with Crippen LogP contribution < -0.4 is 14.8 Å². The molecule has 1 aliphatic heterocycles. The number of piperidine rings is 1. The second-order valence-corrected chi connectivity index (χ2v) is 5.78. The van der Waals surface area contributed by atoms with E-state index in [9.17, 15) is 4.79 Å². The number of amides is 1. The zero-order chi connectivity index (χ0) is 15.9. The molecule has 0 aliphatic carbocycles. The highest BCUT2D eigenvalue weighted by molar-refractivity contribution is 5.78. The molecule has 0 spiro atoms. The average molecular weight is 306 g/mol. The molecule has 0 aromatic heterocycles. The minimum absolute atomic E-state index is 0.0727. The summed E-state index contributed by atoms with van der Waals surface area (Å²) in [6.45, 7) is 4.20. The van der Waals surface area contributed by atoms with Crippen molar-refractivity contribution in [3.63, 3.8) is 0 Å². The smallest absolute Gasteiger partial charge is 0.234 e. The fourth-order valence-electron chi connectivity index (χ4n) is 2.82. The van der Waals surface area contributed by atoms with Gasteiger partial charge in [0.15, 0.2) is 11.5 Å². The number of carbonyl (C=O) groups excluding carboxylic acids is 1. The highest BCUT2D eigenvalue weighted by Gasteiger charge is 2.20. The molecule has 0 bridgehead atoms. The van der Waals surface area contributed by atoms with Crippen molar-refractivity contribution in [2.45, 2.75) is 38.8 Å². The van der Waals surface area contributed by atoms with E-state index in [4.69, 9.17) is 9.47 Å². The molecule has 1 fully saturated rings. The van der Waals surface area contributed by atoms with Gasteiger partial charge < -0.3 is 14.8 Å². The number of nitrogens with one attached hydrogen (secondary N) is 1. The lowest BCUT2D eigenvalue weighted by molar-refractivity contribution is -0.123. The van der Waals surface area contributed by atoms with Gasteiger partial charge in [-0.3, -0.25) is 9.69 Å². The summed E-state index contributed by atoms with van der Waals surface area (Å²) < 4.78 is 10.5. The number of carbonyl (C=O) groups is 1. The van der Waals surface area contributed by atoms with Crippen LogP contribution in [0.25, 0.3) is 0 Å². The molecular formula is C17H26N2O3. The standard InChI is InChI=1S/C17H26N2O3/c1-13-6-4-5-9-19(13)12-17(20)18-11-14-7-8-15(21-2)16(10-14)22-3/h7-8,10,13H,4-6,9,11-12H2,1-3H3,(H,18,20). The van der Waals surface area contributed by atoms with Gasteiger partial charge in [-0.2, -0.15) is 0 Å². The monoisotopic (exact) mass is 306 g/mol. The summed E-state index contributed by atoms with van der Waals surface area (Å²) in [7, 11) is 3.22. The third-order valence-corrected chi connectivity index (χ3v) is 4.22. The lowest BCUT2D eigenvalue weighted by Gasteiger charge is -2.32. The number of nitrogens with zero attached hydrogens (tertiary/aromatic N) is 1. The molecule has 1 amide bonds. The van der Waals surface area contributed by atoms with Gasteiger partial charge in [-0.15, -0.1) is 0 Å². The molecule has 0 radical (unpaired) electrons. The molecule has 1 aromatic carbocycles. The van der Waals surface area contributed by atoms with Crippen LogP contribution in [0.15, 0.2) is 18.2 Å². The highest BCUT2D eigenvalue weighted by Crippen LogP contribution is 2.27. The minimum atomic E-state index is 0.0727. The number of ether oxygens (including phenoxy) is 2. The van der Waals surface area contributed by atoms with E-state index < -0.39 is 0 Å². The quantitative estimate of drug-likeness (QED) is 0.875. The van der Waals surface area contributed by atoms with Crippen LogP contribution >= 0.6 is 0 Å². The van der Waals surface area contributed by atoms with Gasteiger partial charge in [0.05, 0.1) is 20.8 Å². The van der Waals surface area contributed by atoms with Crippen LogP contribution in [0.3, 0.4) is 0 Å². The minimum Gasteiger partial charge on any atom is -0.493 e. The lowest BCUT2D eigenvalue weighted by Crippen LogP contribution is -2.44. The van der Waals surface area contributed by atoms with Crippen molar-refractivity contribution < 1.29 is 14.3 Å². The molecule has 1 heterocycles. The Hall–Kier alpha value is -1.75. The van der Waals surface area contributed by atoms with Crippen LogP contribution in [-0.2, 0) is 11.3 Å². The van der Waals surface area contributed by atoms with E-state index in [1.807, 2.05) is 18.2 Å². The molecule has 1 aliphatic rings. The van der Waals surface area contributed by atoms with Crippen molar-refractivity contribution in [3.8, 4) is 11.5 Å². The van der Waals surface area contributed by atoms with Crippen LogP contribution in [0, 0.1) is 0 Å². The summed E-state index contributed by atoms with van der Waals surface area (Å²) in [4.78, 5) is 14.4. The second kappa shape index (κ2) is 8.03. The van der Waals surface area contributed by atoms with E-state index in [-0.39, 0.29) is 5.91 Å². The molecule has 1 saturated heterocycles. The van der Waals surface area contributed by atoms with Crippen LogP contribution in [0.2, 0.25) is 0 Å². The van der Waals surface area contributed by atoms with E-state index in [1.165, 1.54) is 19.3 Å². The largest absolute Gasteiger partial charge is 0.493 e. The van der Waals surface area contributed by atoms with E-state index >= 15 is 0 Å². The third kappa shape index (κ3) is 4.37. The highest BCUT2D eigenvalue weighted by atomic mass is 16.5. The molecular weight excluding hydrogens is 280 g/mol. The summed E-state index contributed by atoms with van der Waals surface area (Å²) in [6, 6.07) is 6.18. The van der Waals surface area contributed by atoms with Gasteiger partial charge in [-0.1, -0.05) is 12.5 Å². The van der Waals surface area contributed by atoms with Crippen LogP contribution in [0.5, 0.6) is 11.5 Å². The van der Waals surface area contributed by atoms with Crippen molar-refractivity contribution in [1.29, 1.82) is 0 Å². The van der Waals surface area contributed by atoms with E-state index in [0.717, 1.165) is 12.1 Å². The first-order chi connectivity index (χ1) is 10.6. The number of benzene rings is 1. The van der Waals surface area contributed by atoms with Gasteiger partial charge in [0.25, 0.3) is 0 Å². The SMILES string of the molecule is COc1ccc(CNC(=O)CN2CCCCC2C)cc1OC. The summed E-state index contributed by atoms with van der Waals surface area (Å²) in [5, 5.41) is 2.98. The maximum Gasteiger partial charge on any atom is 0.234 e. The van der Waals surface area contributed by atoms with Gasteiger partial charge in [-0.05, 0) is 44.0 Å². The summed E-state index contributed by atoms with van der Waals surface area (Å²) in [5.41, 5.74) is 0.998. The Balaban J connectivity index is 1.85. The molecule has 2 rings (SSSR count). The van der Waals surface area contributed by atoms with Crippen molar-refractivity contribution >= 4 is 5.91 Å². The second-order valence-electron chi connectivity index (χ2n) is 5.78. The molecule has 1 N–H and O–H groups in total. The molecule has 5 nitrogen and oxygen atoms in total. The predicted molar refractivity (Wildman–Crippen MR) is 86.3 cm³/mol. The molecule has 1 unspecified atom stereocenters. The van der Waals surface area contributed by atoms with E-state index in [0.29, 0.717) is 30.6 Å². The maximum atomic E-state index is 12.1. The maximum absolute atomic E-state index is 12.1. The molecule has 122 valence electrons. The first-order valence-electron chi connectivity index (χ1n) is 7.85. The summed E-state index contributed by atoms with van der Waals surface area (Å²) in [5.74, 6) is 1.45. The Bertz CT molecular complexity index is 505. The van der Waals surface area contributed by atoms with Crippen molar-refractivity contribution in [3.05, 3.63) is 23.8 Å². The Kier molecular flexibility index (Phi) is 6.07. The zero-order valence-corrected chi connectivity index (χ0v) is 13.7. The third-order valence-electron chi connectivity index (χ3n) is 4.22. The first kappa shape index (κ1) is 16.6. The van der Waals surface area contributed by atoms with Gasteiger partial charge in [0, 0.05) is 12.6 Å². The normalized spacial score (nSPS) is 18.8.